The molecule has 9 heteroatoms. The minimum absolute atomic E-state index is 0.0678. The molecule has 34 heavy (non-hydrogen) atoms. The zero-order valence-corrected chi connectivity index (χ0v) is 18.6. The third-order valence-corrected chi connectivity index (χ3v) is 5.41. The molecule has 9 nitrogen and oxygen atoms in total. The number of esters is 2. The van der Waals surface area contributed by atoms with Gasteiger partial charge in [-0.15, -0.1) is 0 Å². The highest BCUT2D eigenvalue weighted by Crippen LogP contribution is 2.31. The van der Waals surface area contributed by atoms with E-state index >= 15 is 0 Å². The topological polar surface area (TPSA) is 117 Å². The van der Waals surface area contributed by atoms with Crippen LogP contribution in [0.3, 0.4) is 0 Å². The predicted octanol–water partition coefficient (Wildman–Crippen LogP) is 2.52. The minimum atomic E-state index is -1.13. The van der Waals surface area contributed by atoms with Gasteiger partial charge in [-0.3, -0.25) is 14.3 Å². The van der Waals surface area contributed by atoms with Gasteiger partial charge < -0.3 is 14.2 Å². The van der Waals surface area contributed by atoms with Crippen molar-refractivity contribution in [2.24, 2.45) is 0 Å². The first-order chi connectivity index (χ1) is 17.1. The predicted molar refractivity (Wildman–Crippen MR) is 122 cm³/mol. The summed E-state index contributed by atoms with van der Waals surface area (Å²) in [4.78, 5) is 51.3. The van der Waals surface area contributed by atoms with Gasteiger partial charge in [0.2, 0.25) is 0 Å². The zero-order chi connectivity index (χ0) is 26.0. The third-order valence-electron chi connectivity index (χ3n) is 5.41. The molecule has 2 aromatic carbocycles. The van der Waals surface area contributed by atoms with Crippen LogP contribution in [0, 0.1) is 13.8 Å². The molecule has 3 atom stereocenters. The number of aromatic nitrogens is 2. The lowest BCUT2D eigenvalue weighted by molar-refractivity contribution is -0.0582. The van der Waals surface area contributed by atoms with Crippen molar-refractivity contribution in [3.8, 4) is 0 Å². The Morgan fingerprint density at radius 2 is 1.62 bits per heavy atom. The number of aromatic amines is 1. The second kappa shape index (κ2) is 9.88. The highest BCUT2D eigenvalue weighted by atomic mass is 16.6. The number of nitrogens with zero attached hydrogens (tertiary/aromatic N) is 1. The van der Waals surface area contributed by atoms with E-state index in [2.05, 4.69) is 0 Å². The highest BCUT2D eigenvalue weighted by molar-refractivity contribution is 5.90. The molecule has 1 aliphatic rings. The van der Waals surface area contributed by atoms with E-state index in [1.54, 1.807) is 48.5 Å². The third kappa shape index (κ3) is 5.32. The number of ether oxygens (including phenoxy) is 3. The van der Waals surface area contributed by atoms with Crippen LogP contribution >= 0.6 is 0 Å². The average molecular weight is 468 g/mol. The molecule has 0 radical (unpaired) electrons. The Hall–Kier alpha value is -3.98. The number of carbonyl (C=O) groups is 2. The van der Waals surface area contributed by atoms with E-state index in [-0.39, 0.29) is 13.0 Å². The van der Waals surface area contributed by atoms with Gasteiger partial charge in [0.25, 0.3) is 5.56 Å². The largest absolute Gasteiger partial charge is 0.459 e. The van der Waals surface area contributed by atoms with Gasteiger partial charge in [-0.05, 0) is 38.1 Å². The van der Waals surface area contributed by atoms with Gasteiger partial charge in [0.15, 0.2) is 0 Å². The lowest BCUT2D eigenvalue weighted by Crippen LogP contribution is -2.32. The molecule has 1 N–H and O–H groups in total. The van der Waals surface area contributed by atoms with Crippen molar-refractivity contribution < 1.29 is 26.5 Å². The second-order valence-corrected chi connectivity index (χ2v) is 8.01. The van der Waals surface area contributed by atoms with Crippen molar-refractivity contribution in [2.75, 3.05) is 6.61 Å². The number of hydrogen-bond donors (Lipinski definition) is 1. The number of H-pyrrole nitrogens is 1. The molecule has 1 fully saturated rings. The van der Waals surface area contributed by atoms with Crippen LogP contribution in [0.2, 0.25) is 0 Å². The minimum Gasteiger partial charge on any atom is -0.459 e. The maximum Gasteiger partial charge on any atom is 0.338 e. The van der Waals surface area contributed by atoms with Gasteiger partial charge in [-0.2, -0.15) is 0 Å². The molecule has 176 valence electrons. The maximum atomic E-state index is 12.8. The van der Waals surface area contributed by atoms with Crippen molar-refractivity contribution in [3.63, 3.8) is 0 Å². The van der Waals surface area contributed by atoms with Crippen LogP contribution in [-0.2, 0) is 14.2 Å². The van der Waals surface area contributed by atoms with E-state index in [9.17, 15) is 19.2 Å². The van der Waals surface area contributed by atoms with Crippen LogP contribution in [0.1, 0.15) is 47.2 Å². The van der Waals surface area contributed by atoms with Gasteiger partial charge in [-0.1, -0.05) is 35.4 Å². The zero-order valence-electron chi connectivity index (χ0n) is 20.6. The molecule has 3 aromatic rings. The first kappa shape index (κ1) is 20.6. The number of aryl methyl sites for hydroxylation is 2. The maximum absolute atomic E-state index is 12.8. The van der Waals surface area contributed by atoms with Crippen molar-refractivity contribution in [3.05, 3.63) is 104 Å². The van der Waals surface area contributed by atoms with Crippen LogP contribution in [0.15, 0.2) is 70.3 Å². The van der Waals surface area contributed by atoms with E-state index < -0.39 is 53.8 Å². The van der Waals surface area contributed by atoms with Crippen LogP contribution in [0.25, 0.3) is 0 Å². The van der Waals surface area contributed by atoms with Crippen LogP contribution < -0.4 is 11.2 Å². The Bertz CT molecular complexity index is 1400. The van der Waals surface area contributed by atoms with E-state index in [1.165, 1.54) is 0 Å². The first-order valence-electron chi connectivity index (χ1n) is 11.6. The van der Waals surface area contributed by atoms with Gasteiger partial charge in [0.05, 0.1) is 13.9 Å². The molecule has 0 bridgehead atoms. The van der Waals surface area contributed by atoms with E-state index in [0.29, 0.717) is 11.1 Å². The molecule has 2 heterocycles. The molecule has 1 aliphatic heterocycles. The smallest absolute Gasteiger partial charge is 0.338 e. The Morgan fingerprint density at radius 1 is 1.03 bits per heavy atom. The fourth-order valence-electron chi connectivity index (χ4n) is 3.51. The van der Waals surface area contributed by atoms with Crippen molar-refractivity contribution >= 4 is 11.9 Å². The summed E-state index contributed by atoms with van der Waals surface area (Å²) in [5, 5.41) is 0. The Labute approximate surface area is 197 Å². The van der Waals surface area contributed by atoms with E-state index in [4.69, 9.17) is 17.0 Å². The molecule has 0 amide bonds. The standard InChI is InChI=1S/C25H24N2O7/c1-15-3-7-17(8-4-15)23(29)32-14-20-19(34-24(30)18-9-5-16(2)6-10-18)13-22(33-20)27-12-11-21(28)26-25(27)31/h3-12,19-20,22H,13-14H2,1-2H3,(H,26,28,31)/t19-,20+,22+/m0/s1/i11D,12D,26+1,27+1. The summed E-state index contributed by atoms with van der Waals surface area (Å²) in [5.74, 6) is -1.25. The number of nitrogens with one attached hydrogen (secondary N) is 1. The summed E-state index contributed by atoms with van der Waals surface area (Å²) in [6.45, 7) is 3.47. The molecule has 1 aromatic heterocycles. The fraction of sp³-hybridized carbons (Fsp3) is 0.280. The van der Waals surface area contributed by atoms with E-state index in [1.807, 2.05) is 18.8 Å². The SMILES string of the molecule is [2H]c1c([2H])[15n]([C@H]2C[C@H](OC(=O)c3ccc(C)cc3)[C@@H](COC(=O)c3ccc(C)cc3)O2)c(=O)[15nH]c1=O. The fourth-order valence-corrected chi connectivity index (χ4v) is 3.51. The van der Waals surface area contributed by atoms with E-state index in [0.717, 1.165) is 15.7 Å². The van der Waals surface area contributed by atoms with Gasteiger partial charge in [0, 0.05) is 18.6 Å². The molecule has 0 unspecified atom stereocenters. The molecule has 1 saturated heterocycles. The summed E-state index contributed by atoms with van der Waals surface area (Å²) in [5.41, 5.74) is 0.631. The highest BCUT2D eigenvalue weighted by Gasteiger charge is 2.40. The second-order valence-electron chi connectivity index (χ2n) is 8.01. The summed E-state index contributed by atoms with van der Waals surface area (Å²) in [7, 11) is 0. The van der Waals surface area contributed by atoms with Crippen LogP contribution in [-0.4, -0.2) is 40.3 Å². The number of rotatable bonds is 6. The normalized spacial score (nSPS) is 20.4. The average Bonchev–Trinajstić information content (AvgIpc) is 3.23. The lowest BCUT2D eigenvalue weighted by atomic mass is 10.1. The molecule has 0 spiro atoms. The van der Waals surface area contributed by atoms with Gasteiger partial charge in [-0.25, -0.2) is 14.4 Å². The van der Waals surface area contributed by atoms with Crippen molar-refractivity contribution in [1.82, 2.24) is 9.55 Å². The molecule has 0 saturated carbocycles. The quantitative estimate of drug-likeness (QED) is 0.553. The first-order valence-corrected chi connectivity index (χ1v) is 10.6. The van der Waals surface area contributed by atoms with Crippen LogP contribution in [0.5, 0.6) is 0 Å². The number of hydrogen-bond acceptors (Lipinski definition) is 7. The number of benzene rings is 2. The number of carbonyl (C=O) groups excluding carboxylic acids is 2. The monoisotopic (exact) mass is 468 g/mol. The Balaban J connectivity index is 1.56. The summed E-state index contributed by atoms with van der Waals surface area (Å²) >= 11 is 0. The molecule has 4 rings (SSSR count). The van der Waals surface area contributed by atoms with Crippen molar-refractivity contribution in [2.45, 2.75) is 38.7 Å². The Kier molecular flexibility index (Phi) is 5.99. The van der Waals surface area contributed by atoms with Crippen molar-refractivity contribution in [1.29, 1.82) is 0 Å². The molecular formula is C25H24N2O7. The molecular weight excluding hydrogens is 442 g/mol. The Morgan fingerprint density at radius 3 is 2.24 bits per heavy atom. The van der Waals surface area contributed by atoms with Gasteiger partial charge >= 0.3 is 17.6 Å². The summed E-state index contributed by atoms with van der Waals surface area (Å²) in [6, 6.07) is 12.8. The van der Waals surface area contributed by atoms with Crippen LogP contribution in [0.4, 0.5) is 0 Å². The summed E-state index contributed by atoms with van der Waals surface area (Å²) < 4.78 is 33.5. The summed E-state index contributed by atoms with van der Waals surface area (Å²) in [6.07, 6.45) is -3.76. The lowest BCUT2D eigenvalue weighted by Gasteiger charge is -2.19. The van der Waals surface area contributed by atoms with Gasteiger partial charge in [0.1, 0.15) is 25.0 Å². The molecule has 0 aliphatic carbocycles.